The van der Waals surface area contributed by atoms with E-state index in [0.29, 0.717) is 0 Å². The van der Waals surface area contributed by atoms with E-state index in [-0.39, 0.29) is 0 Å². The summed E-state index contributed by atoms with van der Waals surface area (Å²) in [5, 5.41) is 2.33. The monoisotopic (exact) mass is 254 g/mol. The predicted molar refractivity (Wildman–Crippen MR) is 72.7 cm³/mol. The maximum Gasteiger partial charge on any atom is 0.0899 e. The Kier molecular flexibility index (Phi) is 4.62. The Morgan fingerprint density at radius 1 is 0.625 bits per heavy atom. The van der Waals surface area contributed by atoms with Crippen LogP contribution in [0, 0.1) is 41.5 Å². The lowest BCUT2D eigenvalue weighted by Crippen LogP contribution is -1.71. The Morgan fingerprint density at radius 2 is 0.938 bits per heavy atom. The first kappa shape index (κ1) is 13.3. The van der Waals surface area contributed by atoms with E-state index >= 15 is 0 Å². The van der Waals surface area contributed by atoms with Gasteiger partial charge in [-0.15, -0.1) is 22.7 Å². The molecule has 0 unspecified atom stereocenters. The van der Waals surface area contributed by atoms with E-state index in [1.54, 1.807) is 22.7 Å². The van der Waals surface area contributed by atoms with Crippen LogP contribution in [0.4, 0.5) is 0 Å². The highest BCUT2D eigenvalue weighted by atomic mass is 32.1. The van der Waals surface area contributed by atoms with E-state index in [2.05, 4.69) is 23.8 Å². The second-order valence-corrected chi connectivity index (χ2v) is 6.56. The van der Waals surface area contributed by atoms with E-state index in [1.807, 2.05) is 27.7 Å². The van der Waals surface area contributed by atoms with Crippen molar-refractivity contribution >= 4 is 22.7 Å². The molecule has 2 aromatic heterocycles. The number of hydrogen-bond acceptors (Lipinski definition) is 4. The van der Waals surface area contributed by atoms with Gasteiger partial charge in [0.15, 0.2) is 0 Å². The molecular weight excluding hydrogens is 236 g/mol. The lowest BCUT2D eigenvalue weighted by molar-refractivity contribution is 1.18. The third-order valence-electron chi connectivity index (χ3n) is 2.27. The highest BCUT2D eigenvalue weighted by Crippen LogP contribution is 2.14. The number of rotatable bonds is 0. The van der Waals surface area contributed by atoms with Gasteiger partial charge >= 0.3 is 0 Å². The van der Waals surface area contributed by atoms with Crippen LogP contribution in [0.15, 0.2) is 0 Å². The van der Waals surface area contributed by atoms with E-state index < -0.39 is 0 Å². The van der Waals surface area contributed by atoms with Crippen LogP contribution < -0.4 is 0 Å². The summed E-state index contributed by atoms with van der Waals surface area (Å²) >= 11 is 3.52. The minimum atomic E-state index is 1.17. The van der Waals surface area contributed by atoms with Crippen molar-refractivity contribution in [2.24, 2.45) is 0 Å². The van der Waals surface area contributed by atoms with Crippen LogP contribution in [-0.4, -0.2) is 9.97 Å². The summed E-state index contributed by atoms with van der Waals surface area (Å²) in [6, 6.07) is 0. The highest BCUT2D eigenvalue weighted by Gasteiger charge is 1.96. The van der Waals surface area contributed by atoms with Crippen molar-refractivity contribution in [1.29, 1.82) is 0 Å². The maximum atomic E-state index is 4.23. The van der Waals surface area contributed by atoms with Gasteiger partial charge in [0.2, 0.25) is 0 Å². The van der Waals surface area contributed by atoms with Gasteiger partial charge in [0.05, 0.1) is 21.4 Å². The second kappa shape index (κ2) is 5.55. The summed E-state index contributed by atoms with van der Waals surface area (Å²) < 4.78 is 0. The van der Waals surface area contributed by atoms with Gasteiger partial charge in [0.1, 0.15) is 0 Å². The van der Waals surface area contributed by atoms with Crippen molar-refractivity contribution < 1.29 is 0 Å². The number of thiazole rings is 2. The molecule has 2 aromatic rings. The highest BCUT2D eigenvalue weighted by molar-refractivity contribution is 7.11. The van der Waals surface area contributed by atoms with Gasteiger partial charge < -0.3 is 0 Å². The summed E-state index contributed by atoms with van der Waals surface area (Å²) in [4.78, 5) is 11.1. The van der Waals surface area contributed by atoms with Crippen LogP contribution in [0.1, 0.15) is 31.2 Å². The number of hydrogen-bond donors (Lipinski definition) is 0. The predicted octanol–water partition coefficient (Wildman–Crippen LogP) is 4.14. The van der Waals surface area contributed by atoms with Crippen LogP contribution in [0.5, 0.6) is 0 Å². The molecule has 0 atom stereocenters. The lowest BCUT2D eigenvalue weighted by atomic mass is 10.4. The fraction of sp³-hybridized carbons (Fsp3) is 0.500. The second-order valence-electron chi connectivity index (χ2n) is 3.75. The Balaban J connectivity index is 0.000000160. The molecule has 0 spiro atoms. The average Bonchev–Trinajstić information content (AvgIpc) is 2.58. The van der Waals surface area contributed by atoms with Crippen molar-refractivity contribution in [3.05, 3.63) is 31.2 Å². The van der Waals surface area contributed by atoms with Crippen LogP contribution in [0.2, 0.25) is 0 Å². The van der Waals surface area contributed by atoms with Gasteiger partial charge in [0, 0.05) is 9.75 Å². The molecule has 0 saturated carbocycles. The topological polar surface area (TPSA) is 25.8 Å². The standard InChI is InChI=1S/2C6H9NS/c2*1-4-5(2)8-6(3)7-4/h2*1-3H3. The van der Waals surface area contributed by atoms with Gasteiger partial charge in [-0.3, -0.25) is 0 Å². The van der Waals surface area contributed by atoms with E-state index in [1.165, 1.54) is 31.2 Å². The molecule has 0 fully saturated rings. The van der Waals surface area contributed by atoms with Gasteiger partial charge in [-0.25, -0.2) is 9.97 Å². The molecular formula is C12H18N2S2. The molecule has 0 radical (unpaired) electrons. The molecule has 0 N–H and O–H groups in total. The summed E-state index contributed by atoms with van der Waals surface area (Å²) in [5.74, 6) is 0. The Labute approximate surface area is 105 Å². The maximum absolute atomic E-state index is 4.23. The molecule has 0 aliphatic heterocycles. The molecule has 2 rings (SSSR count). The first-order valence-electron chi connectivity index (χ1n) is 5.21. The Bertz CT molecular complexity index is 386. The van der Waals surface area contributed by atoms with Crippen molar-refractivity contribution in [1.82, 2.24) is 9.97 Å². The molecule has 16 heavy (non-hydrogen) atoms. The fourth-order valence-electron chi connectivity index (χ4n) is 1.27. The van der Waals surface area contributed by atoms with Crippen molar-refractivity contribution in [2.45, 2.75) is 41.5 Å². The zero-order valence-electron chi connectivity index (χ0n) is 10.7. The summed E-state index contributed by atoms with van der Waals surface area (Å²) in [7, 11) is 0. The van der Waals surface area contributed by atoms with Crippen LogP contribution in [0.25, 0.3) is 0 Å². The van der Waals surface area contributed by atoms with Gasteiger partial charge in [-0.05, 0) is 41.5 Å². The fourth-order valence-corrected chi connectivity index (χ4v) is 2.90. The zero-order valence-corrected chi connectivity index (χ0v) is 12.3. The molecule has 0 amide bonds. The normalized spacial score (nSPS) is 9.88. The third kappa shape index (κ3) is 3.68. The van der Waals surface area contributed by atoms with Gasteiger partial charge in [-0.1, -0.05) is 0 Å². The third-order valence-corrected chi connectivity index (χ3v) is 4.25. The number of aryl methyl sites for hydroxylation is 6. The average molecular weight is 254 g/mol. The molecule has 88 valence electrons. The van der Waals surface area contributed by atoms with E-state index in [4.69, 9.17) is 0 Å². The minimum Gasteiger partial charge on any atom is -0.247 e. The Hall–Kier alpha value is -0.740. The van der Waals surface area contributed by atoms with Crippen molar-refractivity contribution in [3.63, 3.8) is 0 Å². The van der Waals surface area contributed by atoms with Crippen LogP contribution in [-0.2, 0) is 0 Å². The van der Waals surface area contributed by atoms with Crippen LogP contribution >= 0.6 is 22.7 Å². The summed E-state index contributed by atoms with van der Waals surface area (Å²) in [5.41, 5.74) is 2.35. The molecule has 2 heterocycles. The minimum absolute atomic E-state index is 1.17. The van der Waals surface area contributed by atoms with Gasteiger partial charge in [0.25, 0.3) is 0 Å². The van der Waals surface area contributed by atoms with E-state index in [0.717, 1.165) is 0 Å². The zero-order chi connectivity index (χ0) is 12.3. The first-order chi connectivity index (χ1) is 7.40. The van der Waals surface area contributed by atoms with E-state index in [9.17, 15) is 0 Å². The SMILES string of the molecule is Cc1nc(C)c(C)s1.Cc1nc(C)c(C)s1. The number of aromatic nitrogens is 2. The van der Waals surface area contributed by atoms with Crippen molar-refractivity contribution in [3.8, 4) is 0 Å². The van der Waals surface area contributed by atoms with Crippen LogP contribution in [0.3, 0.4) is 0 Å². The summed E-state index contributed by atoms with van der Waals surface area (Å²) in [6.07, 6.45) is 0. The molecule has 0 aromatic carbocycles. The Morgan fingerprint density at radius 3 is 1.00 bits per heavy atom. The molecule has 0 bridgehead atoms. The lowest BCUT2D eigenvalue weighted by Gasteiger charge is -1.77. The first-order valence-corrected chi connectivity index (χ1v) is 6.84. The number of nitrogens with zero attached hydrogens (tertiary/aromatic N) is 2. The van der Waals surface area contributed by atoms with Crippen molar-refractivity contribution in [2.75, 3.05) is 0 Å². The summed E-state index contributed by atoms with van der Waals surface area (Å²) in [6.45, 7) is 12.3. The molecule has 4 heteroatoms. The molecule has 2 nitrogen and oxygen atoms in total. The molecule has 0 aliphatic rings. The quantitative estimate of drug-likeness (QED) is 0.706. The smallest absolute Gasteiger partial charge is 0.0899 e. The molecule has 0 saturated heterocycles. The largest absolute Gasteiger partial charge is 0.247 e. The van der Waals surface area contributed by atoms with Gasteiger partial charge in [-0.2, -0.15) is 0 Å². The molecule has 0 aliphatic carbocycles.